The van der Waals surface area contributed by atoms with E-state index >= 15 is 0 Å². The summed E-state index contributed by atoms with van der Waals surface area (Å²) >= 11 is 0. The van der Waals surface area contributed by atoms with E-state index in [1.165, 1.54) is 0 Å². The molecule has 0 unspecified atom stereocenters. The molecule has 1 aliphatic rings. The smallest absolute Gasteiger partial charge is 0.341 e. The normalized spacial score (nSPS) is 15.9. The van der Waals surface area contributed by atoms with Gasteiger partial charge >= 0.3 is 5.97 Å². The summed E-state index contributed by atoms with van der Waals surface area (Å²) in [6, 6.07) is 0.851. The van der Waals surface area contributed by atoms with Crippen LogP contribution >= 0.6 is 0 Å². The van der Waals surface area contributed by atoms with E-state index in [4.69, 9.17) is 10.9 Å². The minimum Gasteiger partial charge on any atom is -0.477 e. The van der Waals surface area contributed by atoms with Gasteiger partial charge in [0.05, 0.1) is 5.39 Å². The summed E-state index contributed by atoms with van der Waals surface area (Å²) in [5, 5.41) is 8.60. The van der Waals surface area contributed by atoms with Crippen LogP contribution in [0.2, 0.25) is 0 Å². The molecule has 0 amide bonds. The van der Waals surface area contributed by atoms with Crippen molar-refractivity contribution in [3.8, 4) is 0 Å². The molecule has 1 aliphatic heterocycles. The van der Waals surface area contributed by atoms with E-state index in [-0.39, 0.29) is 11.2 Å². The number of nitrogens with two attached hydrogens (primary N) is 1. The van der Waals surface area contributed by atoms with Gasteiger partial charge in [-0.05, 0) is 13.1 Å². The highest BCUT2D eigenvalue weighted by Crippen LogP contribution is 2.30. The van der Waals surface area contributed by atoms with Crippen molar-refractivity contribution in [1.82, 2.24) is 9.58 Å². The Morgan fingerprint density at radius 2 is 1.88 bits per heavy atom. The molecule has 1 fully saturated rings. The molecular weight excluding hydrogens is 322 g/mol. The van der Waals surface area contributed by atoms with Gasteiger partial charge in [-0.2, -0.15) is 0 Å². The molecule has 7 nitrogen and oxygen atoms in total. The highest BCUT2D eigenvalue weighted by molar-refractivity contribution is 5.93. The van der Waals surface area contributed by atoms with Gasteiger partial charge in [-0.25, -0.2) is 13.6 Å². The first-order valence-electron chi connectivity index (χ1n) is 7.30. The number of hydrogen-bond donors (Lipinski definition) is 2. The molecule has 0 saturated carbocycles. The lowest BCUT2D eigenvalue weighted by Crippen LogP contribution is -2.45. The van der Waals surface area contributed by atoms with Gasteiger partial charge in [-0.3, -0.25) is 9.47 Å². The lowest BCUT2D eigenvalue weighted by Gasteiger charge is -2.34. The standard InChI is InChI=1S/C15H16F2N4O3/c1-19-2-4-20(5-3-19)13-10(16)6-8-12(11(13)17)21(18)7-9(14(8)22)15(23)24/h6-7H,2-5,18H2,1H3,(H,23,24). The molecule has 0 radical (unpaired) electrons. The maximum Gasteiger partial charge on any atom is 0.341 e. The molecule has 24 heavy (non-hydrogen) atoms. The van der Waals surface area contributed by atoms with Gasteiger partial charge in [0, 0.05) is 32.4 Å². The van der Waals surface area contributed by atoms with Crippen molar-refractivity contribution >= 4 is 22.6 Å². The fourth-order valence-electron chi connectivity index (χ4n) is 2.90. The number of rotatable bonds is 2. The molecule has 3 rings (SSSR count). The summed E-state index contributed by atoms with van der Waals surface area (Å²) in [6.45, 7) is 2.14. The van der Waals surface area contributed by atoms with E-state index in [1.54, 1.807) is 4.90 Å². The average molecular weight is 338 g/mol. The van der Waals surface area contributed by atoms with Crippen LogP contribution in [0.4, 0.5) is 14.5 Å². The number of nitrogens with zero attached hydrogens (tertiary/aromatic N) is 3. The molecule has 128 valence electrons. The molecule has 0 bridgehead atoms. The summed E-state index contributed by atoms with van der Waals surface area (Å²) in [5.41, 5.74) is -2.18. The number of aromatic nitrogens is 1. The minimum absolute atomic E-state index is 0.253. The zero-order valence-corrected chi connectivity index (χ0v) is 12.9. The van der Waals surface area contributed by atoms with E-state index in [0.29, 0.717) is 30.9 Å². The first kappa shape index (κ1) is 16.2. The average Bonchev–Trinajstić information content (AvgIpc) is 2.51. The first-order chi connectivity index (χ1) is 11.3. The van der Waals surface area contributed by atoms with Crippen molar-refractivity contribution < 1.29 is 18.7 Å². The molecule has 2 heterocycles. The number of benzene rings is 1. The zero-order valence-electron chi connectivity index (χ0n) is 12.9. The Labute approximate surface area is 135 Å². The van der Waals surface area contributed by atoms with Gasteiger partial charge in [0.25, 0.3) is 0 Å². The highest BCUT2D eigenvalue weighted by Gasteiger charge is 2.26. The summed E-state index contributed by atoms with van der Waals surface area (Å²) < 4.78 is 30.1. The molecule has 1 saturated heterocycles. The van der Waals surface area contributed by atoms with Crippen molar-refractivity contribution in [3.05, 3.63) is 39.7 Å². The molecule has 0 atom stereocenters. The van der Waals surface area contributed by atoms with Crippen molar-refractivity contribution in [2.24, 2.45) is 0 Å². The number of halogens is 2. The predicted octanol–water partition coefficient (Wildman–Crippen LogP) is 0.444. The van der Waals surface area contributed by atoms with Crippen LogP contribution < -0.4 is 16.2 Å². The lowest BCUT2D eigenvalue weighted by molar-refractivity contribution is 0.0695. The fourth-order valence-corrected chi connectivity index (χ4v) is 2.90. The van der Waals surface area contributed by atoms with E-state index < -0.39 is 34.0 Å². The van der Waals surface area contributed by atoms with Gasteiger partial charge in [0.1, 0.15) is 22.6 Å². The Morgan fingerprint density at radius 1 is 1.25 bits per heavy atom. The SMILES string of the molecule is CN1CCN(c2c(F)cc3c(=O)c(C(=O)O)cn(N)c3c2F)CC1. The third-order valence-electron chi connectivity index (χ3n) is 4.23. The highest BCUT2D eigenvalue weighted by atomic mass is 19.1. The van der Waals surface area contributed by atoms with Crippen molar-refractivity contribution in [2.45, 2.75) is 0 Å². The number of carboxylic acid groups (broad SMARTS) is 1. The van der Waals surface area contributed by atoms with Crippen molar-refractivity contribution in [2.75, 3.05) is 44.0 Å². The molecule has 3 N–H and O–H groups in total. The summed E-state index contributed by atoms with van der Waals surface area (Å²) in [5.74, 6) is 2.27. The predicted molar refractivity (Wildman–Crippen MR) is 84.9 cm³/mol. The van der Waals surface area contributed by atoms with Gasteiger partial charge in [-0.15, -0.1) is 0 Å². The molecule has 1 aromatic carbocycles. The molecule has 2 aromatic rings. The molecule has 9 heteroatoms. The number of carboxylic acids is 1. The van der Waals surface area contributed by atoms with Crippen LogP contribution in [0.1, 0.15) is 10.4 Å². The van der Waals surface area contributed by atoms with Crippen LogP contribution in [-0.4, -0.2) is 53.9 Å². The number of hydrogen-bond acceptors (Lipinski definition) is 5. The Morgan fingerprint density at radius 3 is 2.46 bits per heavy atom. The number of likely N-dealkylation sites (N-methyl/N-ethyl adjacent to an activating group) is 1. The second-order valence-electron chi connectivity index (χ2n) is 5.79. The van der Waals surface area contributed by atoms with Crippen LogP contribution in [0.3, 0.4) is 0 Å². The third-order valence-corrected chi connectivity index (χ3v) is 4.23. The summed E-state index contributed by atoms with van der Waals surface area (Å²) in [4.78, 5) is 26.8. The first-order valence-corrected chi connectivity index (χ1v) is 7.30. The minimum atomic E-state index is -1.51. The zero-order chi connectivity index (χ0) is 17.6. The van der Waals surface area contributed by atoms with Crippen molar-refractivity contribution in [3.63, 3.8) is 0 Å². The van der Waals surface area contributed by atoms with Gasteiger partial charge < -0.3 is 20.7 Å². The quantitative estimate of drug-likeness (QED) is 0.772. The number of anilines is 1. The number of fused-ring (bicyclic) bond motifs is 1. The second-order valence-corrected chi connectivity index (χ2v) is 5.79. The number of piperazine rings is 1. The topological polar surface area (TPSA) is 91.8 Å². The molecule has 0 aliphatic carbocycles. The Bertz CT molecular complexity index is 889. The van der Waals surface area contributed by atoms with Crippen LogP contribution in [0.25, 0.3) is 10.9 Å². The monoisotopic (exact) mass is 338 g/mol. The number of aromatic carboxylic acids is 1. The number of pyridine rings is 1. The summed E-state index contributed by atoms with van der Waals surface area (Å²) in [6.07, 6.45) is 0.835. The maximum atomic E-state index is 14.9. The molecular formula is C15H16F2N4O3. The van der Waals surface area contributed by atoms with E-state index in [9.17, 15) is 18.4 Å². The van der Waals surface area contributed by atoms with Gasteiger partial charge in [0.15, 0.2) is 5.82 Å². The van der Waals surface area contributed by atoms with E-state index in [0.717, 1.165) is 12.3 Å². The molecule has 0 spiro atoms. The fraction of sp³-hybridized carbons (Fsp3) is 0.333. The van der Waals surface area contributed by atoms with Crippen LogP contribution in [0, 0.1) is 11.6 Å². The third kappa shape index (κ3) is 2.46. The Balaban J connectivity index is 2.24. The van der Waals surface area contributed by atoms with Crippen molar-refractivity contribution in [1.29, 1.82) is 0 Å². The maximum absolute atomic E-state index is 14.9. The van der Waals surface area contributed by atoms with Crippen LogP contribution in [-0.2, 0) is 0 Å². The van der Waals surface area contributed by atoms with E-state index in [2.05, 4.69) is 0 Å². The second kappa shape index (κ2) is 5.75. The molecule has 1 aromatic heterocycles. The number of nitrogen functional groups attached to an aromatic ring is 1. The largest absolute Gasteiger partial charge is 0.477 e. The Kier molecular flexibility index (Phi) is 3.88. The van der Waals surface area contributed by atoms with E-state index in [1.807, 2.05) is 11.9 Å². The van der Waals surface area contributed by atoms with Gasteiger partial charge in [0.2, 0.25) is 5.43 Å². The number of carbonyl (C=O) groups is 1. The van der Waals surface area contributed by atoms with Gasteiger partial charge in [-0.1, -0.05) is 0 Å². The van der Waals surface area contributed by atoms with Crippen LogP contribution in [0.15, 0.2) is 17.1 Å². The Hall–Kier alpha value is -2.68. The van der Waals surface area contributed by atoms with Crippen LogP contribution in [0.5, 0.6) is 0 Å². The summed E-state index contributed by atoms with van der Waals surface area (Å²) in [7, 11) is 1.91. The lowest BCUT2D eigenvalue weighted by atomic mass is 10.1.